The van der Waals surface area contributed by atoms with E-state index in [9.17, 15) is 4.39 Å². The molecular formula is C10H9FN2S2. The smallest absolute Gasteiger partial charge is 0.150 e. The molecule has 15 heavy (non-hydrogen) atoms. The molecule has 0 amide bonds. The Bertz CT molecular complexity index is 443. The Morgan fingerprint density at radius 2 is 2.33 bits per heavy atom. The van der Waals surface area contributed by atoms with Gasteiger partial charge in [-0.25, -0.2) is 9.37 Å². The predicted octanol–water partition coefficient (Wildman–Crippen LogP) is 3.16. The number of hydrogen-bond acceptors (Lipinski definition) is 4. The molecule has 2 N–H and O–H groups in total. The third-order valence-corrected chi connectivity index (χ3v) is 3.85. The van der Waals surface area contributed by atoms with Gasteiger partial charge in [-0.1, -0.05) is 17.8 Å². The van der Waals surface area contributed by atoms with Gasteiger partial charge in [-0.3, -0.25) is 0 Å². The maximum absolute atomic E-state index is 13.4. The van der Waals surface area contributed by atoms with E-state index in [0.717, 1.165) is 4.34 Å². The van der Waals surface area contributed by atoms with Crippen LogP contribution in [0.4, 0.5) is 10.1 Å². The SMILES string of the molecule is Nc1ccc(CSc2nccs2)c(F)c1. The number of rotatable bonds is 3. The lowest BCUT2D eigenvalue weighted by atomic mass is 10.2. The van der Waals surface area contributed by atoms with Crippen molar-refractivity contribution >= 4 is 28.8 Å². The van der Waals surface area contributed by atoms with Crippen LogP contribution in [0.1, 0.15) is 5.56 Å². The van der Waals surface area contributed by atoms with Gasteiger partial charge in [0.15, 0.2) is 0 Å². The standard InChI is InChI=1S/C10H9FN2S2/c11-9-5-8(12)2-1-7(9)6-15-10-13-3-4-14-10/h1-5H,6,12H2. The van der Waals surface area contributed by atoms with Gasteiger partial charge in [-0.2, -0.15) is 0 Å². The summed E-state index contributed by atoms with van der Waals surface area (Å²) in [6.07, 6.45) is 1.74. The molecule has 0 fully saturated rings. The quantitative estimate of drug-likeness (QED) is 0.661. The van der Waals surface area contributed by atoms with Gasteiger partial charge in [0.1, 0.15) is 10.2 Å². The van der Waals surface area contributed by atoms with E-state index in [-0.39, 0.29) is 5.82 Å². The van der Waals surface area contributed by atoms with E-state index in [4.69, 9.17) is 5.73 Å². The fourth-order valence-corrected chi connectivity index (χ4v) is 2.73. The van der Waals surface area contributed by atoms with E-state index >= 15 is 0 Å². The lowest BCUT2D eigenvalue weighted by Gasteiger charge is -2.02. The molecule has 2 rings (SSSR count). The molecule has 1 aromatic heterocycles. The third kappa shape index (κ3) is 2.70. The van der Waals surface area contributed by atoms with Crippen LogP contribution in [0.2, 0.25) is 0 Å². The van der Waals surface area contributed by atoms with Crippen LogP contribution < -0.4 is 5.73 Å². The molecule has 0 aliphatic rings. The summed E-state index contributed by atoms with van der Waals surface area (Å²) in [5.74, 6) is 0.332. The molecule has 78 valence electrons. The van der Waals surface area contributed by atoms with Crippen molar-refractivity contribution in [2.75, 3.05) is 5.73 Å². The number of thiazole rings is 1. The number of nitrogen functional groups attached to an aromatic ring is 1. The molecule has 0 radical (unpaired) electrons. The number of nitrogens with two attached hydrogens (primary N) is 1. The van der Waals surface area contributed by atoms with Gasteiger partial charge in [0.25, 0.3) is 0 Å². The van der Waals surface area contributed by atoms with Crippen LogP contribution in [0, 0.1) is 5.82 Å². The number of thioether (sulfide) groups is 1. The van der Waals surface area contributed by atoms with Crippen LogP contribution in [0.15, 0.2) is 34.1 Å². The second-order valence-electron chi connectivity index (χ2n) is 2.94. The van der Waals surface area contributed by atoms with Crippen LogP contribution in [0.3, 0.4) is 0 Å². The fourth-order valence-electron chi connectivity index (χ4n) is 1.10. The van der Waals surface area contributed by atoms with Gasteiger partial charge in [0.2, 0.25) is 0 Å². The first kappa shape index (κ1) is 10.4. The summed E-state index contributed by atoms with van der Waals surface area (Å²) in [7, 11) is 0. The van der Waals surface area contributed by atoms with Crippen LogP contribution in [0.25, 0.3) is 0 Å². The zero-order valence-corrected chi connectivity index (χ0v) is 9.45. The number of anilines is 1. The van der Waals surface area contributed by atoms with Crippen LogP contribution >= 0.6 is 23.1 Å². The van der Waals surface area contributed by atoms with Crippen molar-refractivity contribution in [1.29, 1.82) is 0 Å². The fraction of sp³-hybridized carbons (Fsp3) is 0.100. The van der Waals surface area contributed by atoms with E-state index in [1.54, 1.807) is 29.7 Å². The van der Waals surface area contributed by atoms with Gasteiger partial charge in [0.05, 0.1) is 0 Å². The molecule has 0 aliphatic carbocycles. The highest BCUT2D eigenvalue weighted by molar-refractivity contribution is 8.00. The zero-order chi connectivity index (χ0) is 10.7. The summed E-state index contributed by atoms with van der Waals surface area (Å²) in [5, 5.41) is 1.90. The second-order valence-corrected chi connectivity index (χ2v) is 5.05. The summed E-state index contributed by atoms with van der Waals surface area (Å²) in [4.78, 5) is 4.11. The van der Waals surface area contributed by atoms with Gasteiger partial charge < -0.3 is 5.73 Å². The molecule has 0 atom stereocenters. The molecule has 1 aromatic carbocycles. The number of benzene rings is 1. The Labute approximate surface area is 95.3 Å². The molecule has 2 aromatic rings. The van der Waals surface area contributed by atoms with Crippen LogP contribution in [-0.4, -0.2) is 4.98 Å². The topological polar surface area (TPSA) is 38.9 Å². The first-order valence-electron chi connectivity index (χ1n) is 4.32. The van der Waals surface area contributed by atoms with Crippen molar-refractivity contribution in [2.45, 2.75) is 10.1 Å². The Morgan fingerprint density at radius 1 is 1.47 bits per heavy atom. The molecule has 0 bridgehead atoms. The molecule has 0 unspecified atom stereocenters. The van der Waals surface area contributed by atoms with Crippen molar-refractivity contribution in [3.05, 3.63) is 41.2 Å². The average Bonchev–Trinajstić information content (AvgIpc) is 2.69. The van der Waals surface area contributed by atoms with E-state index in [1.165, 1.54) is 17.8 Å². The molecule has 0 saturated heterocycles. The number of nitrogens with zero attached hydrogens (tertiary/aromatic N) is 1. The number of aromatic nitrogens is 1. The van der Waals surface area contributed by atoms with E-state index < -0.39 is 0 Å². The van der Waals surface area contributed by atoms with E-state index in [0.29, 0.717) is 17.0 Å². The predicted molar refractivity (Wildman–Crippen MR) is 62.5 cm³/mol. The van der Waals surface area contributed by atoms with Crippen molar-refractivity contribution in [3.8, 4) is 0 Å². The van der Waals surface area contributed by atoms with Crippen molar-refractivity contribution in [1.82, 2.24) is 4.98 Å². The maximum Gasteiger partial charge on any atom is 0.150 e. The van der Waals surface area contributed by atoms with Crippen molar-refractivity contribution in [3.63, 3.8) is 0 Å². The minimum atomic E-state index is -0.251. The molecule has 0 spiro atoms. The summed E-state index contributed by atoms with van der Waals surface area (Å²) in [5.41, 5.74) is 6.57. The zero-order valence-electron chi connectivity index (χ0n) is 7.81. The molecular weight excluding hydrogens is 231 g/mol. The average molecular weight is 240 g/mol. The van der Waals surface area contributed by atoms with Crippen molar-refractivity contribution < 1.29 is 4.39 Å². The highest BCUT2D eigenvalue weighted by atomic mass is 32.2. The molecule has 2 nitrogen and oxygen atoms in total. The molecule has 1 heterocycles. The Morgan fingerprint density at radius 3 is 3.00 bits per heavy atom. The van der Waals surface area contributed by atoms with Gasteiger partial charge in [0, 0.05) is 23.0 Å². The van der Waals surface area contributed by atoms with Gasteiger partial charge >= 0.3 is 0 Å². The first-order chi connectivity index (χ1) is 7.25. The summed E-state index contributed by atoms with van der Waals surface area (Å²) >= 11 is 3.08. The summed E-state index contributed by atoms with van der Waals surface area (Å²) in [6, 6.07) is 4.77. The van der Waals surface area contributed by atoms with Gasteiger partial charge in [-0.05, 0) is 17.7 Å². The highest BCUT2D eigenvalue weighted by Gasteiger charge is 2.04. The molecule has 5 heteroatoms. The lowest BCUT2D eigenvalue weighted by molar-refractivity contribution is 0.618. The lowest BCUT2D eigenvalue weighted by Crippen LogP contribution is -1.91. The van der Waals surface area contributed by atoms with Crippen LogP contribution in [0.5, 0.6) is 0 Å². The van der Waals surface area contributed by atoms with E-state index in [2.05, 4.69) is 4.98 Å². The normalized spacial score (nSPS) is 10.5. The van der Waals surface area contributed by atoms with Crippen molar-refractivity contribution in [2.24, 2.45) is 0 Å². The third-order valence-electron chi connectivity index (χ3n) is 1.84. The Balaban J connectivity index is 2.05. The summed E-state index contributed by atoms with van der Waals surface area (Å²) < 4.78 is 14.3. The highest BCUT2D eigenvalue weighted by Crippen LogP contribution is 2.26. The largest absolute Gasteiger partial charge is 0.399 e. The minimum Gasteiger partial charge on any atom is -0.399 e. The monoisotopic (exact) mass is 240 g/mol. The Kier molecular flexibility index (Phi) is 3.23. The molecule has 0 aliphatic heterocycles. The second kappa shape index (κ2) is 4.63. The number of halogens is 1. The minimum absolute atomic E-state index is 0.251. The molecule has 0 saturated carbocycles. The maximum atomic E-state index is 13.4. The summed E-state index contributed by atoms with van der Waals surface area (Å²) in [6.45, 7) is 0. The Hall–Kier alpha value is -1.07. The van der Waals surface area contributed by atoms with E-state index in [1.807, 2.05) is 5.38 Å². The number of hydrogen-bond donors (Lipinski definition) is 1. The van der Waals surface area contributed by atoms with Gasteiger partial charge in [-0.15, -0.1) is 11.3 Å². The first-order valence-corrected chi connectivity index (χ1v) is 6.18. The van der Waals surface area contributed by atoms with Crippen LogP contribution in [-0.2, 0) is 5.75 Å².